The van der Waals surface area contributed by atoms with Gasteiger partial charge < -0.3 is 5.73 Å². The summed E-state index contributed by atoms with van der Waals surface area (Å²) in [5.74, 6) is 0.156. The van der Waals surface area contributed by atoms with Gasteiger partial charge >= 0.3 is 0 Å². The number of aromatic nitrogens is 5. The fourth-order valence-electron chi connectivity index (χ4n) is 3.39. The Kier molecular flexibility index (Phi) is 3.94. The summed E-state index contributed by atoms with van der Waals surface area (Å²) in [7, 11) is 0. The minimum atomic E-state index is -1.46. The standard InChI is InChI=1S/C22H17FN6/c1-13-5-8-20-26-27-22(29(20)28-13)21(23)15-6-7-19-16(9-15)10-17(12-25-19)14-3-2-4-18(24)11-14/h2-12,21H,24H2,1H3. The average Bonchev–Trinajstić information content (AvgIpc) is 3.15. The molecule has 7 heteroatoms. The third-order valence-corrected chi connectivity index (χ3v) is 4.86. The molecular formula is C22H17FN6. The molecule has 5 aromatic rings. The summed E-state index contributed by atoms with van der Waals surface area (Å²) >= 11 is 0. The highest BCUT2D eigenvalue weighted by atomic mass is 19.1. The minimum Gasteiger partial charge on any atom is -0.399 e. The van der Waals surface area contributed by atoms with Gasteiger partial charge in [-0.2, -0.15) is 9.61 Å². The normalized spacial score (nSPS) is 12.5. The first-order chi connectivity index (χ1) is 14.1. The molecule has 0 amide bonds. The topological polar surface area (TPSA) is 82.0 Å². The molecule has 0 aliphatic heterocycles. The number of alkyl halides is 1. The van der Waals surface area contributed by atoms with Crippen molar-refractivity contribution in [3.63, 3.8) is 0 Å². The number of pyridine rings is 1. The van der Waals surface area contributed by atoms with Crippen molar-refractivity contribution in [2.75, 3.05) is 5.73 Å². The second-order valence-corrected chi connectivity index (χ2v) is 6.97. The number of benzene rings is 2. The fourth-order valence-corrected chi connectivity index (χ4v) is 3.39. The van der Waals surface area contributed by atoms with E-state index in [1.807, 2.05) is 49.4 Å². The van der Waals surface area contributed by atoms with Crippen molar-refractivity contribution >= 4 is 22.2 Å². The van der Waals surface area contributed by atoms with E-state index in [4.69, 9.17) is 5.73 Å². The van der Waals surface area contributed by atoms with E-state index in [1.54, 1.807) is 24.4 Å². The van der Waals surface area contributed by atoms with Crippen molar-refractivity contribution in [3.8, 4) is 11.1 Å². The Balaban J connectivity index is 1.58. The minimum absolute atomic E-state index is 0.156. The Hall–Kier alpha value is -3.87. The lowest BCUT2D eigenvalue weighted by Crippen LogP contribution is -2.04. The molecule has 0 aliphatic carbocycles. The molecule has 0 radical (unpaired) electrons. The van der Waals surface area contributed by atoms with Crippen molar-refractivity contribution < 1.29 is 4.39 Å². The Morgan fingerprint density at radius 3 is 2.72 bits per heavy atom. The van der Waals surface area contributed by atoms with Crippen LogP contribution in [0.15, 0.2) is 66.9 Å². The summed E-state index contributed by atoms with van der Waals surface area (Å²) in [6.45, 7) is 1.84. The van der Waals surface area contributed by atoms with Crippen LogP contribution >= 0.6 is 0 Å². The third kappa shape index (κ3) is 3.06. The molecule has 0 fully saturated rings. The first kappa shape index (κ1) is 17.2. The first-order valence-corrected chi connectivity index (χ1v) is 9.17. The maximum absolute atomic E-state index is 15.4. The van der Waals surface area contributed by atoms with Gasteiger partial charge in [0.25, 0.3) is 0 Å². The second kappa shape index (κ2) is 6.63. The molecule has 142 valence electrons. The molecule has 3 aromatic heterocycles. The van der Waals surface area contributed by atoms with E-state index in [9.17, 15) is 0 Å². The highest BCUT2D eigenvalue weighted by molar-refractivity contribution is 5.84. The number of fused-ring (bicyclic) bond motifs is 2. The Labute approximate surface area is 165 Å². The molecule has 2 aromatic carbocycles. The van der Waals surface area contributed by atoms with E-state index in [1.165, 1.54) is 4.52 Å². The number of nitrogen functional groups attached to an aromatic ring is 1. The van der Waals surface area contributed by atoms with Crippen LogP contribution in [-0.4, -0.2) is 24.8 Å². The van der Waals surface area contributed by atoms with Crippen LogP contribution in [0.3, 0.4) is 0 Å². The van der Waals surface area contributed by atoms with Gasteiger partial charge in [0.15, 0.2) is 17.6 Å². The van der Waals surface area contributed by atoms with Gasteiger partial charge in [-0.3, -0.25) is 4.98 Å². The van der Waals surface area contributed by atoms with E-state index in [-0.39, 0.29) is 5.82 Å². The van der Waals surface area contributed by atoms with E-state index in [0.29, 0.717) is 16.9 Å². The number of rotatable bonds is 3. The van der Waals surface area contributed by atoms with Crippen LogP contribution in [0, 0.1) is 6.92 Å². The van der Waals surface area contributed by atoms with Gasteiger partial charge in [-0.05, 0) is 60.5 Å². The van der Waals surface area contributed by atoms with Crippen molar-refractivity contribution in [2.24, 2.45) is 0 Å². The Morgan fingerprint density at radius 2 is 1.86 bits per heavy atom. The molecule has 0 bridgehead atoms. The van der Waals surface area contributed by atoms with Crippen LogP contribution < -0.4 is 5.73 Å². The Bertz CT molecular complexity index is 1360. The van der Waals surface area contributed by atoms with E-state index in [2.05, 4.69) is 20.3 Å². The molecule has 0 aliphatic rings. The zero-order valence-corrected chi connectivity index (χ0v) is 15.6. The summed E-state index contributed by atoms with van der Waals surface area (Å²) in [6.07, 6.45) is 0.335. The highest BCUT2D eigenvalue weighted by Gasteiger charge is 2.21. The summed E-state index contributed by atoms with van der Waals surface area (Å²) in [5.41, 5.74) is 11.0. The molecule has 29 heavy (non-hydrogen) atoms. The maximum Gasteiger partial charge on any atom is 0.193 e. The number of nitrogens with two attached hydrogens (primary N) is 1. The third-order valence-electron chi connectivity index (χ3n) is 4.86. The van der Waals surface area contributed by atoms with Crippen molar-refractivity contribution in [1.82, 2.24) is 24.8 Å². The lowest BCUT2D eigenvalue weighted by atomic mass is 10.0. The average molecular weight is 384 g/mol. The highest BCUT2D eigenvalue weighted by Crippen LogP contribution is 2.29. The van der Waals surface area contributed by atoms with E-state index >= 15 is 4.39 Å². The first-order valence-electron chi connectivity index (χ1n) is 9.17. The molecule has 0 saturated carbocycles. The number of hydrogen-bond donors (Lipinski definition) is 1. The lowest BCUT2D eigenvalue weighted by Gasteiger charge is -2.09. The van der Waals surface area contributed by atoms with Crippen LogP contribution in [0.4, 0.5) is 10.1 Å². The van der Waals surface area contributed by atoms with Gasteiger partial charge in [-0.25, -0.2) is 4.39 Å². The summed E-state index contributed by atoms with van der Waals surface area (Å²) < 4.78 is 16.8. The lowest BCUT2D eigenvalue weighted by molar-refractivity contribution is 0.377. The SMILES string of the molecule is Cc1ccc2nnc(C(F)c3ccc4ncc(-c5cccc(N)c5)cc4c3)n2n1. The number of nitrogens with zero attached hydrogens (tertiary/aromatic N) is 5. The zero-order valence-electron chi connectivity index (χ0n) is 15.6. The van der Waals surface area contributed by atoms with Crippen LogP contribution in [0.2, 0.25) is 0 Å². The van der Waals surface area contributed by atoms with Gasteiger partial charge in [0, 0.05) is 22.8 Å². The maximum atomic E-state index is 15.4. The van der Waals surface area contributed by atoms with Gasteiger partial charge in [0.2, 0.25) is 0 Å². The van der Waals surface area contributed by atoms with Gasteiger partial charge in [-0.15, -0.1) is 10.2 Å². The predicted octanol–water partition coefficient (Wildman–Crippen LogP) is 4.29. The molecule has 5 rings (SSSR count). The number of anilines is 1. The quantitative estimate of drug-likeness (QED) is 0.469. The van der Waals surface area contributed by atoms with Gasteiger partial charge in [0.05, 0.1) is 11.2 Å². The van der Waals surface area contributed by atoms with E-state index in [0.717, 1.165) is 27.7 Å². The molecule has 1 atom stereocenters. The second-order valence-electron chi connectivity index (χ2n) is 6.97. The molecule has 0 spiro atoms. The molecule has 2 N–H and O–H groups in total. The van der Waals surface area contributed by atoms with Crippen LogP contribution in [0.25, 0.3) is 27.7 Å². The Morgan fingerprint density at radius 1 is 0.966 bits per heavy atom. The van der Waals surface area contributed by atoms with Crippen molar-refractivity contribution in [3.05, 3.63) is 83.9 Å². The molecule has 3 heterocycles. The summed E-state index contributed by atoms with van der Waals surface area (Å²) in [5, 5.41) is 13.2. The molecule has 1 unspecified atom stereocenters. The number of hydrogen-bond acceptors (Lipinski definition) is 5. The smallest absolute Gasteiger partial charge is 0.193 e. The monoisotopic (exact) mass is 384 g/mol. The van der Waals surface area contributed by atoms with Gasteiger partial charge in [-0.1, -0.05) is 18.2 Å². The molecule has 6 nitrogen and oxygen atoms in total. The van der Waals surface area contributed by atoms with E-state index < -0.39 is 6.17 Å². The largest absolute Gasteiger partial charge is 0.399 e. The fraction of sp³-hybridized carbons (Fsp3) is 0.0909. The predicted molar refractivity (Wildman–Crippen MR) is 110 cm³/mol. The molecular weight excluding hydrogens is 367 g/mol. The van der Waals surface area contributed by atoms with Crippen molar-refractivity contribution in [2.45, 2.75) is 13.1 Å². The number of halogens is 1. The van der Waals surface area contributed by atoms with Crippen LogP contribution in [-0.2, 0) is 0 Å². The summed E-state index contributed by atoms with van der Waals surface area (Å²) in [4.78, 5) is 4.50. The van der Waals surface area contributed by atoms with Crippen LogP contribution in [0.1, 0.15) is 23.3 Å². The molecule has 0 saturated heterocycles. The van der Waals surface area contributed by atoms with Crippen molar-refractivity contribution in [1.29, 1.82) is 0 Å². The van der Waals surface area contributed by atoms with Crippen LogP contribution in [0.5, 0.6) is 0 Å². The zero-order chi connectivity index (χ0) is 20.0. The summed E-state index contributed by atoms with van der Waals surface area (Å²) in [6, 6.07) is 18.5. The number of aryl methyl sites for hydroxylation is 1. The van der Waals surface area contributed by atoms with Gasteiger partial charge in [0.1, 0.15) is 0 Å².